The maximum absolute atomic E-state index is 12.3. The molecule has 0 saturated carbocycles. The van der Waals surface area contributed by atoms with Gasteiger partial charge in [0.15, 0.2) is 6.61 Å². The van der Waals surface area contributed by atoms with Gasteiger partial charge in [-0.3, -0.25) is 4.79 Å². The summed E-state index contributed by atoms with van der Waals surface area (Å²) in [6, 6.07) is 12.7. The molecule has 0 aromatic heterocycles. The van der Waals surface area contributed by atoms with Crippen LogP contribution in [0.1, 0.15) is 15.9 Å². The molecule has 0 saturated heterocycles. The van der Waals surface area contributed by atoms with Crippen molar-refractivity contribution in [2.24, 2.45) is 0 Å². The highest BCUT2D eigenvalue weighted by molar-refractivity contribution is 7.89. The molecule has 2 aromatic rings. The number of benzene rings is 2. The number of ether oxygens (including phenoxy) is 2. The molecular formula is C20H24N2O6S. The number of likely N-dealkylation sites (N-methyl/N-ethyl adjacent to an activating group) is 1. The molecule has 0 unspecified atom stereocenters. The number of para-hydroxylation sites is 1. The fourth-order valence-electron chi connectivity index (χ4n) is 2.47. The number of nitrogens with zero attached hydrogens (tertiary/aromatic N) is 2. The zero-order chi connectivity index (χ0) is 21.6. The fraction of sp³-hybridized carbons (Fsp3) is 0.300. The Bertz CT molecular complexity index is 971. The Hall–Kier alpha value is -2.91. The number of rotatable bonds is 8. The SMILES string of the molecule is COc1ccccc1CN(C)C(=O)COC(=O)c1ccc(S(=O)(=O)N(C)C)cc1. The van der Waals surface area contributed by atoms with Gasteiger partial charge in [0.05, 0.1) is 17.6 Å². The molecule has 1 amide bonds. The van der Waals surface area contributed by atoms with Gasteiger partial charge in [0, 0.05) is 33.3 Å². The fourth-order valence-corrected chi connectivity index (χ4v) is 3.37. The van der Waals surface area contributed by atoms with E-state index in [-0.39, 0.29) is 16.4 Å². The Morgan fingerprint density at radius 1 is 0.966 bits per heavy atom. The Morgan fingerprint density at radius 2 is 1.59 bits per heavy atom. The molecule has 156 valence electrons. The molecule has 0 radical (unpaired) electrons. The molecule has 29 heavy (non-hydrogen) atoms. The summed E-state index contributed by atoms with van der Waals surface area (Å²) in [5, 5.41) is 0. The van der Waals surface area contributed by atoms with Crippen LogP contribution < -0.4 is 4.74 Å². The van der Waals surface area contributed by atoms with Gasteiger partial charge >= 0.3 is 5.97 Å². The van der Waals surface area contributed by atoms with Crippen LogP contribution in [-0.4, -0.2) is 64.4 Å². The largest absolute Gasteiger partial charge is 0.496 e. The summed E-state index contributed by atoms with van der Waals surface area (Å²) in [7, 11) is 2.41. The minimum Gasteiger partial charge on any atom is -0.496 e. The lowest BCUT2D eigenvalue weighted by atomic mass is 10.2. The van der Waals surface area contributed by atoms with Gasteiger partial charge in [-0.15, -0.1) is 0 Å². The van der Waals surface area contributed by atoms with Crippen LogP contribution in [-0.2, 0) is 26.1 Å². The molecule has 0 bridgehead atoms. The Labute approximate surface area is 170 Å². The first-order valence-corrected chi connectivity index (χ1v) is 10.2. The Balaban J connectivity index is 1.95. The van der Waals surface area contributed by atoms with E-state index in [1.54, 1.807) is 20.2 Å². The van der Waals surface area contributed by atoms with E-state index in [0.29, 0.717) is 12.3 Å². The van der Waals surface area contributed by atoms with Crippen molar-refractivity contribution in [2.45, 2.75) is 11.4 Å². The lowest BCUT2D eigenvalue weighted by Crippen LogP contribution is -2.31. The summed E-state index contributed by atoms with van der Waals surface area (Å²) < 4.78 is 35.5. The number of carbonyl (C=O) groups excluding carboxylic acids is 2. The average molecular weight is 420 g/mol. The number of hydrogen-bond acceptors (Lipinski definition) is 6. The van der Waals surface area contributed by atoms with Crippen molar-refractivity contribution in [1.82, 2.24) is 9.21 Å². The second kappa shape index (κ2) is 9.53. The molecule has 2 rings (SSSR count). The monoisotopic (exact) mass is 420 g/mol. The molecule has 0 heterocycles. The summed E-state index contributed by atoms with van der Waals surface area (Å²) in [6.07, 6.45) is 0. The van der Waals surface area contributed by atoms with E-state index in [1.165, 1.54) is 43.3 Å². The van der Waals surface area contributed by atoms with Crippen molar-refractivity contribution in [3.63, 3.8) is 0 Å². The maximum atomic E-state index is 12.3. The van der Waals surface area contributed by atoms with Crippen LogP contribution in [0.25, 0.3) is 0 Å². The van der Waals surface area contributed by atoms with Gasteiger partial charge in [0.2, 0.25) is 10.0 Å². The zero-order valence-corrected chi connectivity index (χ0v) is 17.6. The summed E-state index contributed by atoms with van der Waals surface area (Å²) in [5.41, 5.74) is 0.984. The van der Waals surface area contributed by atoms with Gasteiger partial charge in [-0.05, 0) is 30.3 Å². The van der Waals surface area contributed by atoms with Gasteiger partial charge in [0.1, 0.15) is 5.75 Å². The van der Waals surface area contributed by atoms with Crippen LogP contribution in [0, 0.1) is 0 Å². The van der Waals surface area contributed by atoms with Crippen molar-refractivity contribution >= 4 is 21.9 Å². The average Bonchev–Trinajstić information content (AvgIpc) is 2.72. The highest BCUT2D eigenvalue weighted by Gasteiger charge is 2.19. The topological polar surface area (TPSA) is 93.2 Å². The number of sulfonamides is 1. The molecule has 0 N–H and O–H groups in total. The third kappa shape index (κ3) is 5.55. The van der Waals surface area contributed by atoms with E-state index in [4.69, 9.17) is 9.47 Å². The van der Waals surface area contributed by atoms with E-state index in [1.807, 2.05) is 18.2 Å². The highest BCUT2D eigenvalue weighted by atomic mass is 32.2. The van der Waals surface area contributed by atoms with E-state index in [2.05, 4.69) is 0 Å². The minimum atomic E-state index is -3.58. The summed E-state index contributed by atoms with van der Waals surface area (Å²) in [5.74, 6) is -0.425. The molecule has 0 atom stereocenters. The number of esters is 1. The van der Waals surface area contributed by atoms with Gasteiger partial charge in [-0.25, -0.2) is 17.5 Å². The first-order chi connectivity index (χ1) is 13.7. The second-order valence-electron chi connectivity index (χ2n) is 6.45. The van der Waals surface area contributed by atoms with E-state index < -0.39 is 22.6 Å². The molecule has 0 aliphatic carbocycles. The molecule has 0 fully saturated rings. The van der Waals surface area contributed by atoms with Crippen LogP contribution in [0.15, 0.2) is 53.4 Å². The molecule has 2 aromatic carbocycles. The predicted octanol–water partition coefficient (Wildman–Crippen LogP) is 1.76. The Morgan fingerprint density at radius 3 is 2.17 bits per heavy atom. The summed E-state index contributed by atoms with van der Waals surface area (Å²) >= 11 is 0. The van der Waals surface area contributed by atoms with Gasteiger partial charge in [-0.1, -0.05) is 18.2 Å². The van der Waals surface area contributed by atoms with Gasteiger partial charge in [-0.2, -0.15) is 0 Å². The Kier molecular flexibility index (Phi) is 7.35. The lowest BCUT2D eigenvalue weighted by molar-refractivity contribution is -0.133. The number of methoxy groups -OCH3 is 1. The third-order valence-electron chi connectivity index (χ3n) is 4.22. The van der Waals surface area contributed by atoms with Crippen molar-refractivity contribution in [1.29, 1.82) is 0 Å². The van der Waals surface area contributed by atoms with Gasteiger partial charge < -0.3 is 14.4 Å². The standard InChI is InChI=1S/C20H24N2O6S/c1-21(2)29(25,26)17-11-9-15(10-12-17)20(24)28-14-19(23)22(3)13-16-7-5-6-8-18(16)27-4/h5-12H,13-14H2,1-4H3. The number of hydrogen-bond donors (Lipinski definition) is 0. The number of amides is 1. The summed E-state index contributed by atoms with van der Waals surface area (Å²) in [4.78, 5) is 25.9. The van der Waals surface area contributed by atoms with Crippen molar-refractivity contribution < 1.29 is 27.5 Å². The van der Waals surface area contributed by atoms with Crippen molar-refractivity contribution in [3.8, 4) is 5.75 Å². The molecule has 0 aliphatic heterocycles. The van der Waals surface area contributed by atoms with Crippen LogP contribution in [0.5, 0.6) is 5.75 Å². The predicted molar refractivity (Wildman–Crippen MR) is 107 cm³/mol. The smallest absolute Gasteiger partial charge is 0.338 e. The van der Waals surface area contributed by atoms with Crippen molar-refractivity contribution in [3.05, 3.63) is 59.7 Å². The van der Waals surface area contributed by atoms with Crippen LogP contribution in [0.3, 0.4) is 0 Å². The first-order valence-electron chi connectivity index (χ1n) is 8.72. The van der Waals surface area contributed by atoms with E-state index in [0.717, 1.165) is 9.87 Å². The normalized spacial score (nSPS) is 11.2. The molecule has 8 nitrogen and oxygen atoms in total. The van der Waals surface area contributed by atoms with E-state index >= 15 is 0 Å². The van der Waals surface area contributed by atoms with Crippen molar-refractivity contribution in [2.75, 3.05) is 34.9 Å². The molecular weight excluding hydrogens is 396 g/mol. The highest BCUT2D eigenvalue weighted by Crippen LogP contribution is 2.19. The third-order valence-corrected chi connectivity index (χ3v) is 6.05. The summed E-state index contributed by atoms with van der Waals surface area (Å²) in [6.45, 7) is -0.125. The van der Waals surface area contributed by atoms with E-state index in [9.17, 15) is 18.0 Å². The first kappa shape index (κ1) is 22.4. The molecule has 9 heteroatoms. The molecule has 0 spiro atoms. The van der Waals surface area contributed by atoms with Crippen LogP contribution >= 0.6 is 0 Å². The lowest BCUT2D eigenvalue weighted by Gasteiger charge is -2.18. The number of carbonyl (C=O) groups is 2. The maximum Gasteiger partial charge on any atom is 0.338 e. The second-order valence-corrected chi connectivity index (χ2v) is 8.60. The molecule has 0 aliphatic rings. The zero-order valence-electron chi connectivity index (χ0n) is 16.8. The van der Waals surface area contributed by atoms with Crippen LogP contribution in [0.4, 0.5) is 0 Å². The minimum absolute atomic E-state index is 0.0617. The quantitative estimate of drug-likeness (QED) is 0.604. The van der Waals surface area contributed by atoms with Crippen LogP contribution in [0.2, 0.25) is 0 Å². The van der Waals surface area contributed by atoms with Gasteiger partial charge in [0.25, 0.3) is 5.91 Å².